The van der Waals surface area contributed by atoms with Crippen LogP contribution in [0.1, 0.15) is 73.2 Å². The highest BCUT2D eigenvalue weighted by atomic mass is 127. The molecule has 244 valence electrons. The van der Waals surface area contributed by atoms with Gasteiger partial charge in [0.05, 0.1) is 11.1 Å². The summed E-state index contributed by atoms with van der Waals surface area (Å²) >= 11 is 2.08. The molecule has 12 heteroatoms. The second kappa shape index (κ2) is 12.3. The monoisotopic (exact) mass is 746 g/mol. The number of allylic oxidation sites excluding steroid dienone is 5. The number of halogens is 6. The van der Waals surface area contributed by atoms with Crippen molar-refractivity contribution in [1.29, 1.82) is 0 Å². The van der Waals surface area contributed by atoms with Crippen molar-refractivity contribution in [2.75, 3.05) is 32.8 Å². The van der Waals surface area contributed by atoms with Crippen LogP contribution in [-0.2, 0) is 4.79 Å². The molecule has 1 aromatic rings. The lowest BCUT2D eigenvalue weighted by Crippen LogP contribution is -2.46. The number of benzene rings is 1. The van der Waals surface area contributed by atoms with Crippen LogP contribution in [-0.4, -0.2) is 77.5 Å². The van der Waals surface area contributed by atoms with Crippen molar-refractivity contribution in [3.8, 4) is 5.75 Å². The quantitative estimate of drug-likeness (QED) is 0.223. The van der Waals surface area contributed by atoms with Gasteiger partial charge in [-0.25, -0.2) is 13.6 Å². The first kappa shape index (κ1) is 32.5. The number of rotatable bonds is 8. The van der Waals surface area contributed by atoms with Gasteiger partial charge in [0.2, 0.25) is 0 Å². The fourth-order valence-electron chi connectivity index (χ4n) is 6.74. The van der Waals surface area contributed by atoms with Crippen LogP contribution in [0, 0.1) is 17.2 Å². The van der Waals surface area contributed by atoms with Crippen LogP contribution in [0.25, 0.3) is 0 Å². The summed E-state index contributed by atoms with van der Waals surface area (Å²) in [4.78, 5) is 28.7. The third-order valence-electron chi connectivity index (χ3n) is 9.93. The first-order chi connectivity index (χ1) is 21.3. The minimum atomic E-state index is -4.40. The molecular formula is C33H36F5IN2O4. The number of likely N-dealkylation sites (tertiary alicyclic amines) is 2. The number of carboxylic acids is 1. The zero-order valence-electron chi connectivity index (χ0n) is 24.7. The van der Waals surface area contributed by atoms with E-state index in [2.05, 4.69) is 27.5 Å². The molecule has 1 amide bonds. The molecular weight excluding hydrogens is 710 g/mol. The second-order valence-corrected chi connectivity index (χ2v) is 14.6. The van der Waals surface area contributed by atoms with E-state index < -0.39 is 41.2 Å². The van der Waals surface area contributed by atoms with Crippen molar-refractivity contribution in [2.24, 2.45) is 11.3 Å². The van der Waals surface area contributed by atoms with Gasteiger partial charge in [0.1, 0.15) is 29.9 Å². The Morgan fingerprint density at radius 1 is 1.09 bits per heavy atom. The van der Waals surface area contributed by atoms with E-state index in [-0.39, 0.29) is 48.0 Å². The SMILES string of the molecule is O=C(O)[C@@H]1CC2(CC2)CN1C(=O)c1cc(C2CC2)c(OCC2(F)CCN(CC3C/C=C/C(C(F)(F)F)=C\C=C3I)CC2)cc1F. The van der Waals surface area contributed by atoms with Crippen LogP contribution < -0.4 is 4.74 Å². The molecule has 1 spiro atoms. The summed E-state index contributed by atoms with van der Waals surface area (Å²) in [5.41, 5.74) is -2.02. The molecule has 5 aliphatic rings. The maximum atomic E-state index is 15.9. The number of amides is 1. The summed E-state index contributed by atoms with van der Waals surface area (Å²) < 4.78 is 77.3. The average Bonchev–Trinajstić information content (AvgIpc) is 3.90. The molecule has 2 saturated carbocycles. The van der Waals surface area contributed by atoms with Gasteiger partial charge in [-0.15, -0.1) is 0 Å². The first-order valence-electron chi connectivity index (χ1n) is 15.5. The number of ether oxygens (including phenoxy) is 1. The van der Waals surface area contributed by atoms with Crippen LogP contribution in [0.5, 0.6) is 5.75 Å². The standard InChI is InChI=1S/C33H36F5IN2O4/c34-25-15-28(23(20-4-5-20)14-24(25)29(42)41-18-31(8-9-31)16-27(41)30(43)44)45-19-32(35)10-12-40(13-11-32)17-21-2-1-3-22(33(36,37)38)6-7-26(21)39/h1,3,6-7,14-15,20-21,27H,2,4-5,8-13,16-19H2,(H,43,44)/b3-1+,22-6+,26-7?/t21?,27-/m0/s1. The van der Waals surface area contributed by atoms with Crippen LogP contribution in [0.4, 0.5) is 22.0 Å². The number of carbonyl (C=O) groups excluding carboxylic acids is 1. The van der Waals surface area contributed by atoms with E-state index in [0.717, 1.165) is 47.5 Å². The number of piperidine rings is 1. The lowest BCUT2D eigenvalue weighted by molar-refractivity contribution is -0.141. The normalized spacial score (nSPS) is 28.1. The molecule has 3 aliphatic carbocycles. The Labute approximate surface area is 272 Å². The Hall–Kier alpha value is -2.48. The molecule has 0 aromatic heterocycles. The van der Waals surface area contributed by atoms with Crippen molar-refractivity contribution in [1.82, 2.24) is 9.80 Å². The Balaban J connectivity index is 1.08. The molecule has 2 heterocycles. The van der Waals surface area contributed by atoms with Crippen LogP contribution in [0.2, 0.25) is 0 Å². The minimum absolute atomic E-state index is 0.00249. The first-order valence-corrected chi connectivity index (χ1v) is 16.6. The number of carbonyl (C=O) groups is 2. The molecule has 0 radical (unpaired) electrons. The molecule has 6 rings (SSSR count). The Morgan fingerprint density at radius 3 is 2.42 bits per heavy atom. The highest BCUT2D eigenvalue weighted by molar-refractivity contribution is 14.1. The molecule has 6 nitrogen and oxygen atoms in total. The Bertz CT molecular complexity index is 1440. The van der Waals surface area contributed by atoms with Gasteiger partial charge in [0, 0.05) is 38.2 Å². The summed E-state index contributed by atoms with van der Waals surface area (Å²) in [6, 6.07) is 1.65. The average molecular weight is 747 g/mol. The van der Waals surface area contributed by atoms with Gasteiger partial charge in [0.15, 0.2) is 0 Å². The molecule has 2 atom stereocenters. The van der Waals surface area contributed by atoms with Gasteiger partial charge in [-0.05, 0) is 107 Å². The second-order valence-electron chi connectivity index (χ2n) is 13.4. The predicted molar refractivity (Wildman–Crippen MR) is 166 cm³/mol. The van der Waals surface area contributed by atoms with Crippen LogP contribution in [0.15, 0.2) is 45.6 Å². The number of aliphatic carboxylic acids is 1. The third-order valence-corrected chi connectivity index (χ3v) is 11.2. The smallest absolute Gasteiger partial charge is 0.416 e. The van der Waals surface area contributed by atoms with Gasteiger partial charge in [-0.2, -0.15) is 13.2 Å². The molecule has 1 N–H and O–H groups in total. The summed E-state index contributed by atoms with van der Waals surface area (Å²) in [6.07, 6.45) is 5.48. The zero-order chi connectivity index (χ0) is 32.1. The third kappa shape index (κ3) is 7.26. The van der Waals surface area contributed by atoms with Gasteiger partial charge in [-0.1, -0.05) is 18.2 Å². The fraction of sp³-hybridized carbons (Fsp3) is 0.576. The van der Waals surface area contributed by atoms with E-state index in [4.69, 9.17) is 4.74 Å². The van der Waals surface area contributed by atoms with E-state index in [0.29, 0.717) is 44.6 Å². The van der Waals surface area contributed by atoms with Gasteiger partial charge in [0.25, 0.3) is 5.91 Å². The summed E-state index contributed by atoms with van der Waals surface area (Å²) in [7, 11) is 0. The van der Waals surface area contributed by atoms with Crippen LogP contribution >= 0.6 is 22.6 Å². The molecule has 45 heavy (non-hydrogen) atoms. The molecule has 4 fully saturated rings. The lowest BCUT2D eigenvalue weighted by atomic mass is 9.92. The van der Waals surface area contributed by atoms with Crippen molar-refractivity contribution in [2.45, 2.75) is 75.2 Å². The number of hydrogen-bond donors (Lipinski definition) is 1. The Morgan fingerprint density at radius 2 is 1.80 bits per heavy atom. The zero-order valence-corrected chi connectivity index (χ0v) is 26.9. The number of nitrogens with zero attached hydrogens (tertiary/aromatic N) is 2. The molecule has 1 unspecified atom stereocenters. The predicted octanol–water partition coefficient (Wildman–Crippen LogP) is 7.35. The van der Waals surface area contributed by atoms with Crippen molar-refractivity contribution >= 4 is 34.5 Å². The number of hydrogen-bond acceptors (Lipinski definition) is 4. The van der Waals surface area contributed by atoms with E-state index in [1.807, 2.05) is 0 Å². The summed E-state index contributed by atoms with van der Waals surface area (Å²) in [6.45, 7) is 1.54. The molecule has 2 saturated heterocycles. The van der Waals surface area contributed by atoms with Gasteiger partial charge < -0.3 is 19.6 Å². The maximum absolute atomic E-state index is 15.9. The highest BCUT2D eigenvalue weighted by Gasteiger charge is 2.55. The van der Waals surface area contributed by atoms with E-state index in [1.54, 1.807) is 6.08 Å². The minimum Gasteiger partial charge on any atom is -0.490 e. The van der Waals surface area contributed by atoms with E-state index >= 15 is 8.78 Å². The largest absolute Gasteiger partial charge is 0.490 e. The van der Waals surface area contributed by atoms with Gasteiger partial charge in [-0.3, -0.25) is 4.79 Å². The number of carboxylic acid groups (broad SMARTS) is 1. The lowest BCUT2D eigenvalue weighted by Gasteiger charge is -2.37. The fourth-order valence-corrected chi connectivity index (χ4v) is 7.37. The number of alkyl halides is 4. The summed E-state index contributed by atoms with van der Waals surface area (Å²) in [5.74, 6) is -2.23. The maximum Gasteiger partial charge on any atom is 0.416 e. The summed E-state index contributed by atoms with van der Waals surface area (Å²) in [5, 5.41) is 9.70. The van der Waals surface area contributed by atoms with Crippen LogP contribution in [0.3, 0.4) is 0 Å². The Kier molecular flexibility index (Phi) is 8.86. The topological polar surface area (TPSA) is 70.1 Å². The van der Waals surface area contributed by atoms with Crippen molar-refractivity contribution in [3.63, 3.8) is 0 Å². The highest BCUT2D eigenvalue weighted by Crippen LogP contribution is 2.55. The van der Waals surface area contributed by atoms with E-state index in [1.165, 1.54) is 17.0 Å². The van der Waals surface area contributed by atoms with Crippen molar-refractivity contribution < 1.29 is 41.4 Å². The van der Waals surface area contributed by atoms with Crippen molar-refractivity contribution in [3.05, 3.63) is 62.5 Å². The molecule has 1 aromatic carbocycles. The molecule has 2 aliphatic heterocycles. The molecule has 0 bridgehead atoms. The van der Waals surface area contributed by atoms with Gasteiger partial charge >= 0.3 is 12.1 Å². The van der Waals surface area contributed by atoms with E-state index in [9.17, 15) is 27.9 Å².